The summed E-state index contributed by atoms with van der Waals surface area (Å²) in [6.07, 6.45) is 0. The van der Waals surface area contributed by atoms with Gasteiger partial charge in [-0.15, -0.1) is 0 Å². The van der Waals surface area contributed by atoms with E-state index in [9.17, 15) is 0 Å². The van der Waals surface area contributed by atoms with Crippen LogP contribution in [0.5, 0.6) is 11.5 Å². The molecule has 0 saturated heterocycles. The zero-order chi connectivity index (χ0) is 42.9. The molecule has 0 atom stereocenters. The standard InChI is InChI=1S/C59H38N4O/c1-60-51-27-15-21-46(38-51)40-30-32-42(33-31-40)57-61-56(41-16-5-2-6-17-41)62-58(63-57)48-22-14-20-45(37-48)43-18-13-19-44(36-43)47-34-35-55-53(39-47)59(49-23-7-3-8-24-49,50-25-9-4-10-26-50)52-28-11-12-29-54(52)64-55/h2-39H. The monoisotopic (exact) mass is 818 g/mol. The largest absolute Gasteiger partial charge is 0.457 e. The summed E-state index contributed by atoms with van der Waals surface area (Å²) in [5.74, 6) is 3.47. The minimum Gasteiger partial charge on any atom is -0.457 e. The van der Waals surface area contributed by atoms with Crippen molar-refractivity contribution in [2.45, 2.75) is 5.41 Å². The van der Waals surface area contributed by atoms with Crippen molar-refractivity contribution in [3.63, 3.8) is 0 Å². The summed E-state index contributed by atoms with van der Waals surface area (Å²) in [6, 6.07) is 79.6. The van der Waals surface area contributed by atoms with Gasteiger partial charge in [-0.3, -0.25) is 0 Å². The Hall–Kier alpha value is -8.72. The van der Waals surface area contributed by atoms with Gasteiger partial charge in [-0.1, -0.05) is 194 Å². The van der Waals surface area contributed by atoms with Crippen LogP contribution in [0.2, 0.25) is 0 Å². The van der Waals surface area contributed by atoms with Crippen LogP contribution in [0.15, 0.2) is 231 Å². The zero-order valence-electron chi connectivity index (χ0n) is 34.6. The molecule has 5 nitrogen and oxygen atoms in total. The average Bonchev–Trinajstić information content (AvgIpc) is 3.38. The highest BCUT2D eigenvalue weighted by molar-refractivity contribution is 5.80. The molecule has 11 rings (SSSR count). The second kappa shape index (κ2) is 16.3. The van der Waals surface area contributed by atoms with Crippen LogP contribution in [-0.2, 0) is 5.41 Å². The Labute approximate surface area is 372 Å². The Balaban J connectivity index is 0.985. The zero-order valence-corrected chi connectivity index (χ0v) is 34.6. The fraction of sp³-hybridized carbons (Fsp3) is 0.0169. The maximum atomic E-state index is 7.45. The van der Waals surface area contributed by atoms with E-state index in [0.29, 0.717) is 23.2 Å². The first-order valence-electron chi connectivity index (χ1n) is 21.3. The van der Waals surface area contributed by atoms with E-state index < -0.39 is 5.41 Å². The lowest BCUT2D eigenvalue weighted by atomic mass is 9.63. The number of aromatic nitrogens is 3. The van der Waals surface area contributed by atoms with Crippen LogP contribution in [0.3, 0.4) is 0 Å². The highest BCUT2D eigenvalue weighted by Gasteiger charge is 2.45. The summed E-state index contributed by atoms with van der Waals surface area (Å²) >= 11 is 0. The van der Waals surface area contributed by atoms with E-state index in [-0.39, 0.29) is 0 Å². The maximum Gasteiger partial charge on any atom is 0.187 e. The van der Waals surface area contributed by atoms with Crippen molar-refractivity contribution < 1.29 is 4.74 Å². The third-order valence-electron chi connectivity index (χ3n) is 12.1. The van der Waals surface area contributed by atoms with Crippen molar-refractivity contribution in [3.05, 3.63) is 264 Å². The van der Waals surface area contributed by atoms with Gasteiger partial charge in [0.2, 0.25) is 0 Å². The van der Waals surface area contributed by atoms with Gasteiger partial charge in [0.25, 0.3) is 0 Å². The first-order chi connectivity index (χ1) is 31.6. The number of rotatable bonds is 8. The molecule has 2 heterocycles. The number of fused-ring (bicyclic) bond motifs is 2. The Morgan fingerprint density at radius 2 is 0.750 bits per heavy atom. The summed E-state index contributed by atoms with van der Waals surface area (Å²) in [5.41, 5.74) is 13.5. The quantitative estimate of drug-likeness (QED) is 0.143. The summed E-state index contributed by atoms with van der Waals surface area (Å²) in [4.78, 5) is 18.7. The van der Waals surface area contributed by atoms with Gasteiger partial charge in [0.1, 0.15) is 11.5 Å². The van der Waals surface area contributed by atoms with Gasteiger partial charge in [0, 0.05) is 27.8 Å². The Kier molecular flexibility index (Phi) is 9.72. The van der Waals surface area contributed by atoms with Gasteiger partial charge in [0.15, 0.2) is 23.2 Å². The molecule has 1 aliphatic heterocycles. The molecule has 0 spiro atoms. The molecule has 0 unspecified atom stereocenters. The predicted octanol–water partition coefficient (Wildman–Crippen LogP) is 14.9. The Morgan fingerprint density at radius 1 is 0.328 bits per heavy atom. The van der Waals surface area contributed by atoms with E-state index in [1.54, 1.807) is 0 Å². The molecule has 5 heteroatoms. The van der Waals surface area contributed by atoms with E-state index in [2.05, 4.69) is 163 Å². The summed E-state index contributed by atoms with van der Waals surface area (Å²) in [5, 5.41) is 0. The van der Waals surface area contributed by atoms with Crippen molar-refractivity contribution in [3.8, 4) is 79.0 Å². The number of nitrogens with zero attached hydrogens (tertiary/aromatic N) is 4. The van der Waals surface area contributed by atoms with Crippen molar-refractivity contribution >= 4 is 5.69 Å². The second-order valence-electron chi connectivity index (χ2n) is 15.9. The van der Waals surface area contributed by atoms with E-state index in [4.69, 9.17) is 26.3 Å². The molecule has 64 heavy (non-hydrogen) atoms. The average molecular weight is 819 g/mol. The molecular formula is C59H38N4O. The molecule has 1 aliphatic rings. The molecule has 0 N–H and O–H groups in total. The van der Waals surface area contributed by atoms with Gasteiger partial charge in [0.05, 0.1) is 12.0 Å². The number of benzene rings is 9. The molecule has 0 amide bonds. The van der Waals surface area contributed by atoms with Gasteiger partial charge in [-0.25, -0.2) is 19.8 Å². The van der Waals surface area contributed by atoms with Crippen molar-refractivity contribution in [2.75, 3.05) is 0 Å². The molecule has 1 aromatic heterocycles. The molecule has 10 aromatic rings. The molecular weight excluding hydrogens is 781 g/mol. The van der Waals surface area contributed by atoms with Gasteiger partial charge >= 0.3 is 0 Å². The third kappa shape index (κ3) is 6.90. The number of ether oxygens (including phenoxy) is 1. The van der Waals surface area contributed by atoms with Crippen LogP contribution < -0.4 is 4.74 Å². The lowest BCUT2D eigenvalue weighted by molar-refractivity contribution is 0.434. The topological polar surface area (TPSA) is 52.3 Å². The fourth-order valence-electron chi connectivity index (χ4n) is 9.02. The van der Waals surface area contributed by atoms with Crippen LogP contribution in [0, 0.1) is 6.57 Å². The van der Waals surface area contributed by atoms with Gasteiger partial charge in [-0.05, 0) is 80.9 Å². The van der Waals surface area contributed by atoms with Crippen LogP contribution >= 0.6 is 0 Å². The first kappa shape index (κ1) is 38.2. The minimum absolute atomic E-state index is 0.582. The molecule has 0 radical (unpaired) electrons. The van der Waals surface area contributed by atoms with E-state index in [0.717, 1.165) is 72.7 Å². The number of para-hydroxylation sites is 1. The number of hydrogen-bond acceptors (Lipinski definition) is 4. The predicted molar refractivity (Wildman–Crippen MR) is 257 cm³/mol. The molecule has 300 valence electrons. The van der Waals surface area contributed by atoms with Crippen molar-refractivity contribution in [1.29, 1.82) is 0 Å². The van der Waals surface area contributed by atoms with Gasteiger partial charge in [-0.2, -0.15) is 0 Å². The molecule has 0 aliphatic carbocycles. The molecule has 0 saturated carbocycles. The highest BCUT2D eigenvalue weighted by atomic mass is 16.5. The molecule has 0 fully saturated rings. The molecule has 9 aromatic carbocycles. The van der Waals surface area contributed by atoms with Crippen LogP contribution in [0.1, 0.15) is 22.3 Å². The minimum atomic E-state index is -0.608. The normalized spacial score (nSPS) is 12.3. The van der Waals surface area contributed by atoms with Crippen LogP contribution in [-0.4, -0.2) is 15.0 Å². The summed E-state index contributed by atoms with van der Waals surface area (Å²) in [7, 11) is 0. The van der Waals surface area contributed by atoms with E-state index in [1.807, 2.05) is 72.8 Å². The first-order valence-corrected chi connectivity index (χ1v) is 21.3. The van der Waals surface area contributed by atoms with Crippen LogP contribution in [0.25, 0.3) is 72.4 Å². The Morgan fingerprint density at radius 3 is 1.38 bits per heavy atom. The second-order valence-corrected chi connectivity index (χ2v) is 15.9. The Bertz CT molecular complexity index is 3320. The third-order valence-corrected chi connectivity index (χ3v) is 12.1. The summed E-state index contributed by atoms with van der Waals surface area (Å²) in [6.45, 7) is 7.45. The van der Waals surface area contributed by atoms with Crippen molar-refractivity contribution in [2.24, 2.45) is 0 Å². The maximum absolute atomic E-state index is 7.45. The number of hydrogen-bond donors (Lipinski definition) is 0. The SMILES string of the molecule is [C-]#[N+]c1cccc(-c2ccc(-c3nc(-c4ccccc4)nc(-c4cccc(-c5cccc(-c6ccc7c(c6)C(c6ccccc6)(c6ccccc6)c6ccccc6O7)c5)c4)n3)cc2)c1. The highest BCUT2D eigenvalue weighted by Crippen LogP contribution is 2.56. The van der Waals surface area contributed by atoms with Crippen LogP contribution in [0.4, 0.5) is 5.69 Å². The van der Waals surface area contributed by atoms with E-state index in [1.165, 1.54) is 11.1 Å². The lowest BCUT2D eigenvalue weighted by Gasteiger charge is -2.41. The van der Waals surface area contributed by atoms with Crippen molar-refractivity contribution in [1.82, 2.24) is 15.0 Å². The summed E-state index contributed by atoms with van der Waals surface area (Å²) < 4.78 is 6.69. The van der Waals surface area contributed by atoms with E-state index >= 15 is 0 Å². The smallest absolute Gasteiger partial charge is 0.187 e. The fourth-order valence-corrected chi connectivity index (χ4v) is 9.02. The lowest BCUT2D eigenvalue weighted by Crippen LogP contribution is -2.34. The molecule has 0 bridgehead atoms. The van der Waals surface area contributed by atoms with Gasteiger partial charge < -0.3 is 4.74 Å².